The predicted molar refractivity (Wildman–Crippen MR) is 70.2 cm³/mol. The molecule has 0 aliphatic rings. The number of nitrogens with one attached hydrogen (secondary N) is 1. The molecule has 1 N–H and O–H groups in total. The van der Waals surface area contributed by atoms with E-state index < -0.39 is 0 Å². The zero-order valence-electron chi connectivity index (χ0n) is 10.8. The van der Waals surface area contributed by atoms with Crippen LogP contribution in [0.3, 0.4) is 0 Å². The maximum absolute atomic E-state index is 5.48. The quantitative estimate of drug-likeness (QED) is 0.785. The topological polar surface area (TPSA) is 21.3 Å². The fraction of sp³-hybridized carbons (Fsp3) is 0.571. The Morgan fingerprint density at radius 2 is 2.00 bits per heavy atom. The molecule has 0 fully saturated rings. The number of rotatable bonds is 6. The van der Waals surface area contributed by atoms with Gasteiger partial charge in [-0.3, -0.25) is 0 Å². The molecule has 0 aliphatic heterocycles. The molecule has 1 unspecified atom stereocenters. The zero-order valence-corrected chi connectivity index (χ0v) is 10.8. The van der Waals surface area contributed by atoms with Crippen molar-refractivity contribution in [3.8, 4) is 5.75 Å². The Balaban J connectivity index is 2.68. The lowest BCUT2D eigenvalue weighted by molar-refractivity contribution is 0.340. The predicted octanol–water partition coefficient (Wildman–Crippen LogP) is 3.93. The molecule has 0 saturated carbocycles. The number of benzene rings is 1. The molecule has 16 heavy (non-hydrogen) atoms. The van der Waals surface area contributed by atoms with Crippen molar-refractivity contribution in [1.82, 2.24) is 0 Å². The van der Waals surface area contributed by atoms with Gasteiger partial charge in [-0.25, -0.2) is 0 Å². The molecule has 0 amide bonds. The Kier molecular flexibility index (Phi) is 5.17. The van der Waals surface area contributed by atoms with E-state index in [1.54, 1.807) is 0 Å². The molecule has 0 radical (unpaired) electrons. The van der Waals surface area contributed by atoms with Gasteiger partial charge in [-0.05, 0) is 31.4 Å². The average Bonchev–Trinajstić information content (AvgIpc) is 2.26. The third-order valence-electron chi connectivity index (χ3n) is 2.74. The van der Waals surface area contributed by atoms with E-state index in [0.29, 0.717) is 18.6 Å². The molecular weight excluding hydrogens is 198 g/mol. The molecule has 0 aliphatic carbocycles. The van der Waals surface area contributed by atoms with Crippen LogP contribution in [0.25, 0.3) is 0 Å². The third-order valence-corrected chi connectivity index (χ3v) is 2.74. The molecule has 1 aromatic rings. The maximum atomic E-state index is 5.48. The van der Waals surface area contributed by atoms with E-state index >= 15 is 0 Å². The Morgan fingerprint density at radius 1 is 1.25 bits per heavy atom. The number of hydrogen-bond donors (Lipinski definition) is 1. The highest BCUT2D eigenvalue weighted by Crippen LogP contribution is 2.20. The van der Waals surface area contributed by atoms with Crippen molar-refractivity contribution in [1.29, 1.82) is 0 Å². The molecule has 1 rings (SSSR count). The number of ether oxygens (including phenoxy) is 1. The lowest BCUT2D eigenvalue weighted by Gasteiger charge is -2.22. The summed E-state index contributed by atoms with van der Waals surface area (Å²) < 4.78 is 5.48. The third kappa shape index (κ3) is 3.76. The first-order chi connectivity index (χ1) is 7.67. The van der Waals surface area contributed by atoms with Gasteiger partial charge in [0, 0.05) is 17.8 Å². The summed E-state index contributed by atoms with van der Waals surface area (Å²) in [4.78, 5) is 0. The second-order valence-corrected chi connectivity index (χ2v) is 4.36. The Bertz CT molecular complexity index is 309. The molecule has 90 valence electrons. The summed E-state index contributed by atoms with van der Waals surface area (Å²) in [5.74, 6) is 1.58. The van der Waals surface area contributed by atoms with Crippen molar-refractivity contribution in [2.24, 2.45) is 5.92 Å². The van der Waals surface area contributed by atoms with Crippen LogP contribution in [0.2, 0.25) is 0 Å². The van der Waals surface area contributed by atoms with Crippen molar-refractivity contribution in [2.45, 2.75) is 40.2 Å². The minimum Gasteiger partial charge on any atom is -0.494 e. The first-order valence-corrected chi connectivity index (χ1v) is 6.16. The molecule has 2 heteroatoms. The molecule has 1 aromatic carbocycles. The van der Waals surface area contributed by atoms with E-state index in [1.807, 2.05) is 19.1 Å². The first kappa shape index (κ1) is 12.9. The van der Waals surface area contributed by atoms with Gasteiger partial charge in [0.1, 0.15) is 5.75 Å². The summed E-state index contributed by atoms with van der Waals surface area (Å²) in [5, 5.41) is 3.55. The zero-order chi connectivity index (χ0) is 12.0. The molecule has 0 heterocycles. The fourth-order valence-corrected chi connectivity index (χ4v) is 1.80. The lowest BCUT2D eigenvalue weighted by Crippen LogP contribution is -2.24. The minimum absolute atomic E-state index is 0.525. The van der Waals surface area contributed by atoms with Crippen molar-refractivity contribution < 1.29 is 4.74 Å². The average molecular weight is 221 g/mol. The van der Waals surface area contributed by atoms with Crippen LogP contribution < -0.4 is 10.1 Å². The summed E-state index contributed by atoms with van der Waals surface area (Å²) >= 11 is 0. The Labute approximate surface area is 99.0 Å². The van der Waals surface area contributed by atoms with Gasteiger partial charge in [-0.1, -0.05) is 26.8 Å². The van der Waals surface area contributed by atoms with E-state index in [9.17, 15) is 0 Å². The van der Waals surface area contributed by atoms with Crippen LogP contribution in [0.15, 0.2) is 24.3 Å². The van der Waals surface area contributed by atoms with Crippen LogP contribution in [0.4, 0.5) is 5.69 Å². The minimum atomic E-state index is 0.525. The van der Waals surface area contributed by atoms with Crippen LogP contribution in [-0.2, 0) is 0 Å². The second kappa shape index (κ2) is 6.41. The first-order valence-electron chi connectivity index (χ1n) is 6.16. The molecule has 0 bridgehead atoms. The van der Waals surface area contributed by atoms with Crippen molar-refractivity contribution in [3.05, 3.63) is 24.3 Å². The summed E-state index contributed by atoms with van der Waals surface area (Å²) in [6.07, 6.45) is 1.14. The second-order valence-electron chi connectivity index (χ2n) is 4.36. The Hall–Kier alpha value is -1.18. The summed E-state index contributed by atoms with van der Waals surface area (Å²) in [5.41, 5.74) is 1.14. The van der Waals surface area contributed by atoms with Gasteiger partial charge in [0.2, 0.25) is 0 Å². The molecule has 1 atom stereocenters. The smallest absolute Gasteiger partial charge is 0.121 e. The standard InChI is InChI=1S/C14H23NO/c1-5-14(11(3)4)15-12-8-7-9-13(10-12)16-6-2/h7-11,14-15H,5-6H2,1-4H3. The van der Waals surface area contributed by atoms with Crippen LogP contribution >= 0.6 is 0 Å². The highest BCUT2D eigenvalue weighted by atomic mass is 16.5. The van der Waals surface area contributed by atoms with Crippen LogP contribution in [0, 0.1) is 5.92 Å². The van der Waals surface area contributed by atoms with Crippen molar-refractivity contribution >= 4 is 5.69 Å². The highest BCUT2D eigenvalue weighted by molar-refractivity contribution is 5.48. The van der Waals surface area contributed by atoms with Crippen LogP contribution in [-0.4, -0.2) is 12.6 Å². The van der Waals surface area contributed by atoms with E-state index in [4.69, 9.17) is 4.74 Å². The molecule has 0 spiro atoms. The molecular formula is C14H23NO. The van der Waals surface area contributed by atoms with Gasteiger partial charge in [-0.2, -0.15) is 0 Å². The Morgan fingerprint density at radius 3 is 2.56 bits per heavy atom. The van der Waals surface area contributed by atoms with Gasteiger partial charge in [0.25, 0.3) is 0 Å². The van der Waals surface area contributed by atoms with Gasteiger partial charge in [0.15, 0.2) is 0 Å². The van der Waals surface area contributed by atoms with Gasteiger partial charge >= 0.3 is 0 Å². The van der Waals surface area contributed by atoms with E-state index in [1.165, 1.54) is 0 Å². The monoisotopic (exact) mass is 221 g/mol. The van der Waals surface area contributed by atoms with Gasteiger partial charge < -0.3 is 10.1 Å². The van der Waals surface area contributed by atoms with Crippen LogP contribution in [0.5, 0.6) is 5.75 Å². The number of anilines is 1. The van der Waals surface area contributed by atoms with Crippen molar-refractivity contribution in [2.75, 3.05) is 11.9 Å². The van der Waals surface area contributed by atoms with E-state index in [-0.39, 0.29) is 0 Å². The summed E-state index contributed by atoms with van der Waals surface area (Å²) in [6, 6.07) is 8.70. The lowest BCUT2D eigenvalue weighted by atomic mass is 10.0. The van der Waals surface area contributed by atoms with E-state index in [0.717, 1.165) is 17.9 Å². The molecule has 2 nitrogen and oxygen atoms in total. The van der Waals surface area contributed by atoms with Gasteiger partial charge in [-0.15, -0.1) is 0 Å². The van der Waals surface area contributed by atoms with Gasteiger partial charge in [0.05, 0.1) is 6.61 Å². The largest absolute Gasteiger partial charge is 0.494 e. The highest BCUT2D eigenvalue weighted by Gasteiger charge is 2.10. The summed E-state index contributed by atoms with van der Waals surface area (Å²) in [6.45, 7) is 9.42. The van der Waals surface area contributed by atoms with Crippen LogP contribution in [0.1, 0.15) is 34.1 Å². The summed E-state index contributed by atoms with van der Waals surface area (Å²) in [7, 11) is 0. The maximum Gasteiger partial charge on any atom is 0.121 e. The molecule has 0 saturated heterocycles. The number of hydrogen-bond acceptors (Lipinski definition) is 2. The van der Waals surface area contributed by atoms with Crippen molar-refractivity contribution in [3.63, 3.8) is 0 Å². The SMILES string of the molecule is CCOc1cccc(NC(CC)C(C)C)c1. The molecule has 0 aromatic heterocycles. The normalized spacial score (nSPS) is 12.6. The van der Waals surface area contributed by atoms with E-state index in [2.05, 4.69) is 38.2 Å². The fourth-order valence-electron chi connectivity index (χ4n) is 1.80.